The second-order valence-electron chi connectivity index (χ2n) is 5.93. The summed E-state index contributed by atoms with van der Waals surface area (Å²) in [6, 6.07) is 7.62. The minimum atomic E-state index is -4.53. The van der Waals surface area contributed by atoms with E-state index in [9.17, 15) is 18.3 Å². The van der Waals surface area contributed by atoms with E-state index in [1.54, 1.807) is 25.2 Å². The van der Waals surface area contributed by atoms with E-state index in [-0.39, 0.29) is 28.4 Å². The lowest BCUT2D eigenvalue weighted by Crippen LogP contribution is -2.05. The van der Waals surface area contributed by atoms with Crippen LogP contribution in [-0.2, 0) is 13.2 Å². The molecule has 0 spiro atoms. The van der Waals surface area contributed by atoms with Crippen molar-refractivity contribution in [3.05, 3.63) is 47.8 Å². The molecule has 9 heteroatoms. The van der Waals surface area contributed by atoms with Gasteiger partial charge < -0.3 is 9.67 Å². The number of rotatable bonds is 1. The molecule has 0 atom stereocenters. The fourth-order valence-corrected chi connectivity index (χ4v) is 2.88. The average molecular weight is 369 g/mol. The van der Waals surface area contributed by atoms with Gasteiger partial charge in [0.2, 0.25) is 0 Å². The van der Waals surface area contributed by atoms with Crippen LogP contribution in [0.1, 0.15) is 11.1 Å². The highest BCUT2D eigenvalue weighted by atomic mass is 19.4. The molecule has 4 aromatic rings. The number of imidazole rings is 1. The highest BCUT2D eigenvalue weighted by molar-refractivity contribution is 5.93. The first-order valence-electron chi connectivity index (χ1n) is 7.71. The SMILES string of the molecule is Cn1c(-c2ncc3cc(C#N)ccc3c2O)nc2cc(C(F)(F)F)cnc21. The van der Waals surface area contributed by atoms with Gasteiger partial charge in [-0.25, -0.2) is 15.0 Å². The number of alkyl halides is 3. The molecular weight excluding hydrogens is 359 g/mol. The summed E-state index contributed by atoms with van der Waals surface area (Å²) in [5, 5.41) is 20.6. The molecule has 1 N–H and O–H groups in total. The van der Waals surface area contributed by atoms with Crippen molar-refractivity contribution in [3.8, 4) is 23.3 Å². The molecular formula is C18H10F3N5O. The zero-order valence-corrected chi connectivity index (χ0v) is 13.8. The largest absolute Gasteiger partial charge is 0.505 e. The van der Waals surface area contributed by atoms with Crippen LogP contribution < -0.4 is 0 Å². The van der Waals surface area contributed by atoms with Gasteiger partial charge in [-0.2, -0.15) is 18.4 Å². The molecule has 4 rings (SSSR count). The van der Waals surface area contributed by atoms with Gasteiger partial charge in [-0.1, -0.05) is 0 Å². The molecule has 0 amide bonds. The van der Waals surface area contributed by atoms with Gasteiger partial charge in [-0.15, -0.1) is 0 Å². The van der Waals surface area contributed by atoms with Crippen molar-refractivity contribution in [2.24, 2.45) is 7.05 Å². The van der Waals surface area contributed by atoms with Gasteiger partial charge >= 0.3 is 6.18 Å². The number of hydrogen-bond acceptors (Lipinski definition) is 5. The van der Waals surface area contributed by atoms with E-state index in [1.165, 1.54) is 10.8 Å². The average Bonchev–Trinajstić information content (AvgIpc) is 2.97. The zero-order chi connectivity index (χ0) is 19.3. The van der Waals surface area contributed by atoms with E-state index in [4.69, 9.17) is 5.26 Å². The first-order chi connectivity index (χ1) is 12.8. The first kappa shape index (κ1) is 16.8. The Morgan fingerprint density at radius 1 is 1.15 bits per heavy atom. The topological polar surface area (TPSA) is 87.6 Å². The van der Waals surface area contributed by atoms with Crippen LogP contribution in [0.2, 0.25) is 0 Å². The van der Waals surface area contributed by atoms with Gasteiger partial charge in [-0.3, -0.25) is 0 Å². The number of nitrogens with zero attached hydrogens (tertiary/aromatic N) is 5. The third kappa shape index (κ3) is 2.62. The maximum Gasteiger partial charge on any atom is 0.417 e. The number of fused-ring (bicyclic) bond motifs is 2. The normalized spacial score (nSPS) is 11.8. The van der Waals surface area contributed by atoms with Crippen molar-refractivity contribution in [2.75, 3.05) is 0 Å². The summed E-state index contributed by atoms with van der Waals surface area (Å²) in [5.74, 6) is 0.00650. The lowest BCUT2D eigenvalue weighted by atomic mass is 10.1. The van der Waals surface area contributed by atoms with E-state index in [0.29, 0.717) is 16.3 Å². The number of aromatic hydroxyl groups is 1. The summed E-state index contributed by atoms with van der Waals surface area (Å²) in [4.78, 5) is 12.2. The molecule has 0 unspecified atom stereocenters. The zero-order valence-electron chi connectivity index (χ0n) is 13.8. The number of pyridine rings is 2. The van der Waals surface area contributed by atoms with Crippen LogP contribution in [0.3, 0.4) is 0 Å². The molecule has 0 radical (unpaired) electrons. The van der Waals surface area contributed by atoms with Gasteiger partial charge in [0.05, 0.1) is 17.2 Å². The molecule has 0 aliphatic heterocycles. The fourth-order valence-electron chi connectivity index (χ4n) is 2.88. The van der Waals surface area contributed by atoms with Crippen molar-refractivity contribution in [2.45, 2.75) is 6.18 Å². The monoisotopic (exact) mass is 369 g/mol. The highest BCUT2D eigenvalue weighted by Crippen LogP contribution is 2.36. The van der Waals surface area contributed by atoms with Crippen molar-refractivity contribution < 1.29 is 18.3 Å². The van der Waals surface area contributed by atoms with Crippen LogP contribution in [0, 0.1) is 11.3 Å². The van der Waals surface area contributed by atoms with Crippen molar-refractivity contribution in [3.63, 3.8) is 0 Å². The molecule has 3 aromatic heterocycles. The summed E-state index contributed by atoms with van der Waals surface area (Å²) in [5.41, 5.74) is -0.0914. The standard InChI is InChI=1S/C18H10F3N5O/c1-26-16-13(5-11(8-24-16)18(19,20)21)25-17(26)14-15(27)12-3-2-9(6-22)4-10(12)7-23-14/h2-5,7-8,27H,1H3. The Kier molecular flexibility index (Phi) is 3.52. The Bertz CT molecular complexity index is 1250. The van der Waals surface area contributed by atoms with Crippen molar-refractivity contribution in [1.82, 2.24) is 19.5 Å². The second-order valence-corrected chi connectivity index (χ2v) is 5.93. The predicted molar refractivity (Wildman–Crippen MR) is 90.6 cm³/mol. The van der Waals surface area contributed by atoms with Crippen LogP contribution in [0.5, 0.6) is 5.75 Å². The smallest absolute Gasteiger partial charge is 0.417 e. The Morgan fingerprint density at radius 2 is 1.93 bits per heavy atom. The molecule has 0 saturated carbocycles. The van der Waals surface area contributed by atoms with E-state index < -0.39 is 11.7 Å². The Morgan fingerprint density at radius 3 is 2.63 bits per heavy atom. The quantitative estimate of drug-likeness (QED) is 0.552. The number of hydrogen-bond donors (Lipinski definition) is 1. The summed E-state index contributed by atoms with van der Waals surface area (Å²) in [6.07, 6.45) is -2.31. The number of halogens is 3. The van der Waals surface area contributed by atoms with Gasteiger partial charge in [0.15, 0.2) is 17.2 Å². The third-order valence-electron chi connectivity index (χ3n) is 4.24. The number of aromatic nitrogens is 4. The maximum absolute atomic E-state index is 12.9. The summed E-state index contributed by atoms with van der Waals surface area (Å²) in [6.45, 7) is 0. The molecule has 3 heterocycles. The van der Waals surface area contributed by atoms with E-state index in [2.05, 4.69) is 15.0 Å². The van der Waals surface area contributed by atoms with Crippen LogP contribution in [0.25, 0.3) is 33.5 Å². The molecule has 0 fully saturated rings. The third-order valence-corrected chi connectivity index (χ3v) is 4.24. The summed E-state index contributed by atoms with van der Waals surface area (Å²) < 4.78 is 40.2. The molecule has 0 aliphatic carbocycles. The van der Waals surface area contributed by atoms with E-state index >= 15 is 0 Å². The van der Waals surface area contributed by atoms with Crippen LogP contribution in [0.4, 0.5) is 13.2 Å². The van der Waals surface area contributed by atoms with Crippen LogP contribution in [0.15, 0.2) is 36.7 Å². The van der Waals surface area contributed by atoms with E-state index in [0.717, 1.165) is 12.3 Å². The first-order valence-corrected chi connectivity index (χ1v) is 7.71. The lowest BCUT2D eigenvalue weighted by Gasteiger charge is -2.07. The molecule has 27 heavy (non-hydrogen) atoms. The van der Waals surface area contributed by atoms with Gasteiger partial charge in [0.1, 0.15) is 11.2 Å². The summed E-state index contributed by atoms with van der Waals surface area (Å²) in [7, 11) is 1.58. The predicted octanol–water partition coefficient (Wildman–Crippen LogP) is 3.78. The molecule has 6 nitrogen and oxygen atoms in total. The Balaban J connectivity index is 1.93. The molecule has 0 saturated heterocycles. The number of nitriles is 1. The molecule has 0 bridgehead atoms. The minimum Gasteiger partial charge on any atom is -0.505 e. The van der Waals surface area contributed by atoms with Crippen LogP contribution >= 0.6 is 0 Å². The van der Waals surface area contributed by atoms with E-state index in [1.807, 2.05) is 6.07 Å². The number of aryl methyl sites for hydroxylation is 1. The summed E-state index contributed by atoms with van der Waals surface area (Å²) >= 11 is 0. The molecule has 0 aliphatic rings. The van der Waals surface area contributed by atoms with Gasteiger partial charge in [0, 0.05) is 30.2 Å². The molecule has 134 valence electrons. The van der Waals surface area contributed by atoms with Crippen LogP contribution in [-0.4, -0.2) is 24.6 Å². The minimum absolute atomic E-state index is 0.0449. The highest BCUT2D eigenvalue weighted by Gasteiger charge is 2.32. The lowest BCUT2D eigenvalue weighted by molar-refractivity contribution is -0.137. The number of benzene rings is 1. The van der Waals surface area contributed by atoms with Crippen molar-refractivity contribution >= 4 is 21.9 Å². The van der Waals surface area contributed by atoms with Gasteiger partial charge in [-0.05, 0) is 24.3 Å². The Labute approximate surface area is 150 Å². The maximum atomic E-state index is 12.9. The van der Waals surface area contributed by atoms with Crippen molar-refractivity contribution in [1.29, 1.82) is 5.26 Å². The Hall–Kier alpha value is -3.67. The molecule has 1 aromatic carbocycles. The second kappa shape index (κ2) is 5.67. The van der Waals surface area contributed by atoms with Gasteiger partial charge in [0.25, 0.3) is 0 Å². The fraction of sp³-hybridized carbons (Fsp3) is 0.111.